The van der Waals surface area contributed by atoms with E-state index in [1.54, 1.807) is 11.8 Å². The highest BCUT2D eigenvalue weighted by molar-refractivity contribution is 8.00. The van der Waals surface area contributed by atoms with Crippen molar-refractivity contribution in [1.29, 1.82) is 5.26 Å². The molecule has 1 fully saturated rings. The van der Waals surface area contributed by atoms with Crippen molar-refractivity contribution in [3.8, 4) is 6.07 Å². The van der Waals surface area contributed by atoms with Crippen LogP contribution in [0.4, 0.5) is 5.82 Å². The number of nitrogens with zero attached hydrogens (tertiary/aromatic N) is 3. The number of nitrogens with one attached hydrogen (secondary N) is 1. The molecule has 22 heavy (non-hydrogen) atoms. The molecule has 0 radical (unpaired) electrons. The summed E-state index contributed by atoms with van der Waals surface area (Å²) in [5, 5.41) is 31.9. The third kappa shape index (κ3) is 3.21. The number of aromatic nitrogens is 2. The van der Waals surface area contributed by atoms with Crippen molar-refractivity contribution >= 4 is 17.6 Å². The van der Waals surface area contributed by atoms with Crippen molar-refractivity contribution in [3.05, 3.63) is 16.8 Å². The number of hydrogen-bond acceptors (Lipinski definition) is 6. The summed E-state index contributed by atoms with van der Waals surface area (Å²) in [7, 11) is 0. The number of thioether (sulfide) groups is 1. The van der Waals surface area contributed by atoms with Crippen LogP contribution in [0.15, 0.2) is 0 Å². The first-order valence-corrected chi connectivity index (χ1v) is 9.00. The molecule has 1 aromatic heterocycles. The predicted octanol–water partition coefficient (Wildman–Crippen LogP) is 2.53. The zero-order valence-corrected chi connectivity index (χ0v) is 14.3. The van der Waals surface area contributed by atoms with Crippen molar-refractivity contribution in [1.82, 2.24) is 10.2 Å². The Hall–Kier alpha value is -1.32. The molecule has 0 spiro atoms. The minimum absolute atomic E-state index is 0.268. The molecule has 120 valence electrons. The van der Waals surface area contributed by atoms with Gasteiger partial charge in [-0.2, -0.15) is 22.1 Å². The van der Waals surface area contributed by atoms with E-state index in [-0.39, 0.29) is 5.25 Å². The number of aryl methyl sites for hydroxylation is 1. The first-order valence-electron chi connectivity index (χ1n) is 7.95. The van der Waals surface area contributed by atoms with E-state index in [2.05, 4.69) is 28.5 Å². The normalized spacial score (nSPS) is 23.7. The lowest BCUT2D eigenvalue weighted by molar-refractivity contribution is -0.0120. The van der Waals surface area contributed by atoms with Crippen LogP contribution in [0, 0.1) is 11.3 Å². The summed E-state index contributed by atoms with van der Waals surface area (Å²) in [6.45, 7) is 6.56. The number of nitriles is 1. The van der Waals surface area contributed by atoms with Crippen LogP contribution >= 0.6 is 11.8 Å². The quantitative estimate of drug-likeness (QED) is 0.803. The largest absolute Gasteiger partial charge is 0.387 e. The Labute approximate surface area is 136 Å². The molecule has 1 aromatic rings. The molecule has 0 bridgehead atoms. The van der Waals surface area contributed by atoms with E-state index in [0.29, 0.717) is 17.9 Å². The van der Waals surface area contributed by atoms with E-state index in [1.807, 2.05) is 13.8 Å². The molecule has 0 aromatic carbocycles. The minimum atomic E-state index is -0.703. The molecule has 1 heterocycles. The lowest BCUT2D eigenvalue weighted by Crippen LogP contribution is -2.54. The van der Waals surface area contributed by atoms with Gasteiger partial charge in [-0.05, 0) is 37.0 Å². The second-order valence-electron chi connectivity index (χ2n) is 5.61. The van der Waals surface area contributed by atoms with E-state index >= 15 is 0 Å². The van der Waals surface area contributed by atoms with Crippen LogP contribution in [0.1, 0.15) is 50.4 Å². The van der Waals surface area contributed by atoms with E-state index < -0.39 is 5.60 Å². The maximum absolute atomic E-state index is 10.6. The van der Waals surface area contributed by atoms with Gasteiger partial charge < -0.3 is 10.4 Å². The van der Waals surface area contributed by atoms with E-state index in [1.165, 1.54) is 0 Å². The molecule has 1 saturated carbocycles. The molecule has 2 N–H and O–H groups in total. The fourth-order valence-corrected chi connectivity index (χ4v) is 4.09. The fourth-order valence-electron chi connectivity index (χ4n) is 2.89. The van der Waals surface area contributed by atoms with Gasteiger partial charge in [0.25, 0.3) is 0 Å². The molecule has 0 aliphatic heterocycles. The van der Waals surface area contributed by atoms with Crippen molar-refractivity contribution in [3.63, 3.8) is 0 Å². The van der Waals surface area contributed by atoms with Gasteiger partial charge in [-0.3, -0.25) is 0 Å². The molecule has 1 aliphatic rings. The molecule has 2 atom stereocenters. The predicted molar refractivity (Wildman–Crippen MR) is 90.1 cm³/mol. The van der Waals surface area contributed by atoms with Crippen LogP contribution in [-0.4, -0.2) is 38.5 Å². The average molecular weight is 320 g/mol. The van der Waals surface area contributed by atoms with Crippen LogP contribution in [0.25, 0.3) is 0 Å². The molecule has 6 heteroatoms. The highest BCUT2D eigenvalue weighted by Gasteiger charge is 2.45. The number of hydrogen-bond donors (Lipinski definition) is 2. The highest BCUT2D eigenvalue weighted by Crippen LogP contribution is 2.41. The highest BCUT2D eigenvalue weighted by atomic mass is 32.2. The average Bonchev–Trinajstić information content (AvgIpc) is 2.55. The van der Waals surface area contributed by atoms with Crippen molar-refractivity contribution in [2.24, 2.45) is 0 Å². The van der Waals surface area contributed by atoms with Gasteiger partial charge in [0.2, 0.25) is 0 Å². The second-order valence-corrected chi connectivity index (χ2v) is 7.09. The molecule has 2 rings (SSSR count). The zero-order valence-electron chi connectivity index (χ0n) is 13.5. The number of rotatable bonds is 7. The SMILES string of the molecule is CCS[C@H]1CC[C@]1(O)CNc1nnc(CC)c(CC)c1C#N. The van der Waals surface area contributed by atoms with Gasteiger partial charge in [-0.1, -0.05) is 20.8 Å². The van der Waals surface area contributed by atoms with Gasteiger partial charge in [0, 0.05) is 11.8 Å². The summed E-state index contributed by atoms with van der Waals surface area (Å²) < 4.78 is 0. The van der Waals surface area contributed by atoms with Gasteiger partial charge in [0.05, 0.1) is 11.3 Å². The van der Waals surface area contributed by atoms with Gasteiger partial charge in [0.15, 0.2) is 5.82 Å². The molecule has 1 aliphatic carbocycles. The van der Waals surface area contributed by atoms with E-state index in [9.17, 15) is 10.4 Å². The number of aliphatic hydroxyl groups is 1. The summed E-state index contributed by atoms with van der Waals surface area (Å²) in [5.41, 5.74) is 1.70. The van der Waals surface area contributed by atoms with Crippen LogP contribution in [0.2, 0.25) is 0 Å². The third-order valence-electron chi connectivity index (χ3n) is 4.33. The zero-order chi connectivity index (χ0) is 16.2. The minimum Gasteiger partial charge on any atom is -0.387 e. The Morgan fingerprint density at radius 3 is 2.64 bits per heavy atom. The Morgan fingerprint density at radius 1 is 1.36 bits per heavy atom. The standard InChI is InChI=1S/C16H24N4OS/c1-4-11-12(9-17)15(20-19-13(11)5-2)18-10-16(21)8-7-14(16)22-6-3/h14,21H,4-8,10H2,1-3H3,(H,18,20)/t14-,16-/m0/s1. The maximum atomic E-state index is 10.6. The van der Waals surface area contributed by atoms with Crippen LogP contribution in [0.3, 0.4) is 0 Å². The molecule has 5 nitrogen and oxygen atoms in total. The molecule has 0 saturated heterocycles. The lowest BCUT2D eigenvalue weighted by Gasteiger charge is -2.45. The van der Waals surface area contributed by atoms with Crippen LogP contribution in [0.5, 0.6) is 0 Å². The first kappa shape index (κ1) is 17.0. The molecule has 0 unspecified atom stereocenters. The van der Waals surface area contributed by atoms with Gasteiger partial charge in [0.1, 0.15) is 11.6 Å². The Balaban J connectivity index is 2.15. The first-order chi connectivity index (χ1) is 10.6. The Bertz CT molecular complexity index is 572. The Kier molecular flexibility index (Phi) is 5.65. The fraction of sp³-hybridized carbons (Fsp3) is 0.688. The van der Waals surface area contributed by atoms with Gasteiger partial charge >= 0.3 is 0 Å². The molecular weight excluding hydrogens is 296 g/mol. The monoisotopic (exact) mass is 320 g/mol. The van der Waals surface area contributed by atoms with E-state index in [4.69, 9.17) is 0 Å². The van der Waals surface area contributed by atoms with Gasteiger partial charge in [-0.15, -0.1) is 5.10 Å². The van der Waals surface area contributed by atoms with Crippen molar-refractivity contribution in [2.75, 3.05) is 17.6 Å². The smallest absolute Gasteiger partial charge is 0.167 e. The van der Waals surface area contributed by atoms with Gasteiger partial charge in [-0.25, -0.2) is 0 Å². The van der Waals surface area contributed by atoms with Crippen molar-refractivity contribution < 1.29 is 5.11 Å². The summed E-state index contributed by atoms with van der Waals surface area (Å²) >= 11 is 1.79. The maximum Gasteiger partial charge on any atom is 0.167 e. The van der Waals surface area contributed by atoms with Crippen LogP contribution < -0.4 is 5.32 Å². The molecule has 0 amide bonds. The van der Waals surface area contributed by atoms with Crippen LogP contribution in [-0.2, 0) is 12.8 Å². The Morgan fingerprint density at radius 2 is 2.14 bits per heavy atom. The van der Waals surface area contributed by atoms with Crippen molar-refractivity contribution in [2.45, 2.75) is 57.3 Å². The topological polar surface area (TPSA) is 81.8 Å². The molecular formula is C16H24N4OS. The summed E-state index contributed by atoms with van der Waals surface area (Å²) in [6, 6.07) is 2.25. The third-order valence-corrected chi connectivity index (χ3v) is 5.74. The summed E-state index contributed by atoms with van der Waals surface area (Å²) in [5.74, 6) is 1.50. The lowest BCUT2D eigenvalue weighted by atomic mass is 9.79. The summed E-state index contributed by atoms with van der Waals surface area (Å²) in [4.78, 5) is 0. The second kappa shape index (κ2) is 7.30. The number of anilines is 1. The van der Waals surface area contributed by atoms with E-state index in [0.717, 1.165) is 42.7 Å². The summed E-state index contributed by atoms with van der Waals surface area (Å²) in [6.07, 6.45) is 3.36.